The molecule has 1 N–H and O–H groups in total. The molecule has 0 aliphatic carbocycles. The lowest BCUT2D eigenvalue weighted by molar-refractivity contribution is -0.384. The number of hydrogen-bond acceptors (Lipinski definition) is 3. The summed E-state index contributed by atoms with van der Waals surface area (Å²) in [6, 6.07) is 15.8. The molecule has 0 aliphatic rings. The summed E-state index contributed by atoms with van der Waals surface area (Å²) in [6.07, 6.45) is 0.166. The predicted molar refractivity (Wildman–Crippen MR) is 88.3 cm³/mol. The molecule has 1 aromatic heterocycles. The first-order valence-corrected chi connectivity index (χ1v) is 7.12. The van der Waals surface area contributed by atoms with E-state index in [2.05, 4.69) is 5.32 Å². The second kappa shape index (κ2) is 5.92. The minimum Gasteiger partial charge on any atom is -0.330 e. The van der Waals surface area contributed by atoms with Gasteiger partial charge in [-0.3, -0.25) is 14.9 Å². The van der Waals surface area contributed by atoms with Gasteiger partial charge in [-0.15, -0.1) is 0 Å². The van der Waals surface area contributed by atoms with Crippen molar-refractivity contribution in [2.24, 2.45) is 7.05 Å². The molecule has 0 bridgehead atoms. The van der Waals surface area contributed by atoms with Crippen LogP contribution in [0.4, 0.5) is 11.5 Å². The zero-order chi connectivity index (χ0) is 16.4. The monoisotopic (exact) mass is 309 g/mol. The van der Waals surface area contributed by atoms with Crippen LogP contribution in [0, 0.1) is 10.1 Å². The van der Waals surface area contributed by atoms with Crippen molar-refractivity contribution in [3.8, 4) is 0 Å². The number of carbonyl (C=O) groups is 1. The zero-order valence-electron chi connectivity index (χ0n) is 12.5. The van der Waals surface area contributed by atoms with E-state index in [0.717, 1.165) is 22.3 Å². The number of rotatable bonds is 4. The van der Waals surface area contributed by atoms with E-state index in [1.54, 1.807) is 12.1 Å². The number of nitrogens with one attached hydrogen (secondary N) is 1. The van der Waals surface area contributed by atoms with Crippen LogP contribution in [0.3, 0.4) is 0 Å². The molecule has 0 spiro atoms. The normalized spacial score (nSPS) is 10.7. The summed E-state index contributed by atoms with van der Waals surface area (Å²) in [5, 5.41) is 14.6. The van der Waals surface area contributed by atoms with Gasteiger partial charge >= 0.3 is 0 Å². The number of aromatic nitrogens is 1. The molecule has 0 atom stereocenters. The molecular weight excluding hydrogens is 294 g/mol. The number of anilines is 1. The number of benzene rings is 2. The van der Waals surface area contributed by atoms with Crippen LogP contribution in [-0.4, -0.2) is 15.4 Å². The lowest BCUT2D eigenvalue weighted by Gasteiger charge is -2.07. The molecule has 6 heteroatoms. The average Bonchev–Trinajstić information content (AvgIpc) is 2.84. The Morgan fingerprint density at radius 3 is 2.52 bits per heavy atom. The molecule has 0 fully saturated rings. The fourth-order valence-electron chi connectivity index (χ4n) is 2.52. The van der Waals surface area contributed by atoms with Crippen LogP contribution in [0.15, 0.2) is 54.6 Å². The summed E-state index contributed by atoms with van der Waals surface area (Å²) in [5.41, 5.74) is 1.79. The van der Waals surface area contributed by atoms with Gasteiger partial charge < -0.3 is 9.88 Å². The largest absolute Gasteiger partial charge is 0.330 e. The summed E-state index contributed by atoms with van der Waals surface area (Å²) in [5.74, 6) is 0.558. The molecule has 2 aromatic carbocycles. The van der Waals surface area contributed by atoms with Gasteiger partial charge in [-0.25, -0.2) is 0 Å². The fraction of sp³-hybridized carbons (Fsp3) is 0.118. The van der Waals surface area contributed by atoms with Crippen LogP contribution in [0.2, 0.25) is 0 Å². The van der Waals surface area contributed by atoms with Gasteiger partial charge in [0.1, 0.15) is 5.82 Å². The van der Waals surface area contributed by atoms with Crippen molar-refractivity contribution in [3.63, 3.8) is 0 Å². The lowest BCUT2D eigenvalue weighted by Crippen LogP contribution is -2.16. The molecule has 0 aliphatic heterocycles. The maximum Gasteiger partial charge on any atom is 0.269 e. The van der Waals surface area contributed by atoms with Crippen molar-refractivity contribution >= 4 is 28.3 Å². The number of para-hydroxylation sites is 1. The van der Waals surface area contributed by atoms with Crippen molar-refractivity contribution in [2.45, 2.75) is 6.42 Å². The number of nitro groups is 1. The first-order valence-electron chi connectivity index (χ1n) is 7.12. The maximum atomic E-state index is 12.2. The van der Waals surface area contributed by atoms with Gasteiger partial charge in [-0.05, 0) is 17.7 Å². The van der Waals surface area contributed by atoms with Crippen molar-refractivity contribution in [1.82, 2.24) is 4.57 Å². The Bertz CT molecular complexity index is 882. The highest BCUT2D eigenvalue weighted by atomic mass is 16.6. The highest BCUT2D eigenvalue weighted by molar-refractivity contribution is 5.95. The molecule has 116 valence electrons. The summed E-state index contributed by atoms with van der Waals surface area (Å²) in [6.45, 7) is 0. The Morgan fingerprint density at radius 1 is 1.17 bits per heavy atom. The molecule has 0 saturated carbocycles. The number of amides is 1. The number of fused-ring (bicyclic) bond motifs is 1. The highest BCUT2D eigenvalue weighted by Gasteiger charge is 2.10. The minimum atomic E-state index is -0.459. The molecule has 23 heavy (non-hydrogen) atoms. The quantitative estimate of drug-likeness (QED) is 0.593. The third kappa shape index (κ3) is 3.06. The Hall–Kier alpha value is -3.15. The summed E-state index contributed by atoms with van der Waals surface area (Å²) in [4.78, 5) is 22.3. The first kappa shape index (κ1) is 14.8. The van der Waals surface area contributed by atoms with E-state index in [0.29, 0.717) is 0 Å². The van der Waals surface area contributed by atoms with Crippen LogP contribution in [0.25, 0.3) is 10.9 Å². The van der Waals surface area contributed by atoms with Gasteiger partial charge in [-0.2, -0.15) is 0 Å². The number of aryl methyl sites for hydroxylation is 1. The zero-order valence-corrected chi connectivity index (χ0v) is 12.5. The van der Waals surface area contributed by atoms with Gasteiger partial charge in [0.05, 0.1) is 11.3 Å². The number of hydrogen-bond donors (Lipinski definition) is 1. The summed E-state index contributed by atoms with van der Waals surface area (Å²) < 4.78 is 1.92. The molecule has 0 unspecified atom stereocenters. The number of non-ortho nitro benzene ring substituents is 1. The SMILES string of the molecule is Cn1c(NC(=O)Cc2ccc([N+](=O)[O-])cc2)cc2ccccc21. The molecule has 1 amide bonds. The van der Waals surface area contributed by atoms with Gasteiger partial charge in [-0.1, -0.05) is 30.3 Å². The predicted octanol–water partition coefficient (Wildman–Crippen LogP) is 3.27. The standard InChI is InChI=1S/C17H15N3O3/c1-19-15-5-3-2-4-13(15)11-16(19)18-17(21)10-12-6-8-14(9-7-12)20(22)23/h2-9,11H,10H2,1H3,(H,18,21). The van der Waals surface area contributed by atoms with E-state index in [-0.39, 0.29) is 18.0 Å². The minimum absolute atomic E-state index is 0.0165. The molecule has 0 radical (unpaired) electrons. The summed E-state index contributed by atoms with van der Waals surface area (Å²) >= 11 is 0. The van der Waals surface area contributed by atoms with E-state index in [9.17, 15) is 14.9 Å². The van der Waals surface area contributed by atoms with E-state index in [1.807, 2.05) is 41.9 Å². The third-order valence-electron chi connectivity index (χ3n) is 3.73. The molecule has 1 heterocycles. The van der Waals surface area contributed by atoms with E-state index < -0.39 is 4.92 Å². The van der Waals surface area contributed by atoms with Crippen LogP contribution >= 0.6 is 0 Å². The Labute approximate surface area is 132 Å². The molecule has 3 rings (SSSR count). The smallest absolute Gasteiger partial charge is 0.269 e. The molecule has 3 aromatic rings. The fourth-order valence-corrected chi connectivity index (χ4v) is 2.52. The van der Waals surface area contributed by atoms with Gasteiger partial charge in [0, 0.05) is 30.1 Å². The van der Waals surface area contributed by atoms with Crippen LogP contribution in [0.1, 0.15) is 5.56 Å². The molecular formula is C17H15N3O3. The Kier molecular flexibility index (Phi) is 3.80. The number of nitro benzene ring substituents is 1. The summed E-state index contributed by atoms with van der Waals surface area (Å²) in [7, 11) is 1.89. The van der Waals surface area contributed by atoms with Gasteiger partial charge in [0.15, 0.2) is 0 Å². The van der Waals surface area contributed by atoms with Crippen LogP contribution < -0.4 is 5.32 Å². The average molecular weight is 309 g/mol. The Balaban J connectivity index is 1.73. The third-order valence-corrected chi connectivity index (χ3v) is 3.73. The maximum absolute atomic E-state index is 12.2. The van der Waals surface area contributed by atoms with Gasteiger partial charge in [0.25, 0.3) is 5.69 Å². The van der Waals surface area contributed by atoms with Gasteiger partial charge in [0.2, 0.25) is 5.91 Å². The molecule has 6 nitrogen and oxygen atoms in total. The van der Waals surface area contributed by atoms with Crippen LogP contribution in [0.5, 0.6) is 0 Å². The van der Waals surface area contributed by atoms with Crippen LogP contribution in [-0.2, 0) is 18.3 Å². The lowest BCUT2D eigenvalue weighted by atomic mass is 10.1. The molecule has 0 saturated heterocycles. The first-order chi connectivity index (χ1) is 11.0. The second-order valence-corrected chi connectivity index (χ2v) is 5.30. The number of carbonyl (C=O) groups excluding carboxylic acids is 1. The van der Waals surface area contributed by atoms with Crippen molar-refractivity contribution < 1.29 is 9.72 Å². The second-order valence-electron chi connectivity index (χ2n) is 5.30. The van der Waals surface area contributed by atoms with Crippen molar-refractivity contribution in [3.05, 3.63) is 70.3 Å². The number of nitrogens with zero attached hydrogens (tertiary/aromatic N) is 2. The van der Waals surface area contributed by atoms with Crippen molar-refractivity contribution in [2.75, 3.05) is 5.32 Å². The van der Waals surface area contributed by atoms with E-state index in [1.165, 1.54) is 12.1 Å². The Morgan fingerprint density at radius 2 is 1.87 bits per heavy atom. The topological polar surface area (TPSA) is 77.2 Å². The van der Waals surface area contributed by atoms with E-state index in [4.69, 9.17) is 0 Å². The van der Waals surface area contributed by atoms with Crippen molar-refractivity contribution in [1.29, 1.82) is 0 Å². The van der Waals surface area contributed by atoms with E-state index >= 15 is 0 Å². The highest BCUT2D eigenvalue weighted by Crippen LogP contribution is 2.22.